The standard InChI is InChI=1S/C11H11N3O2S/c1-14-7-8(5-13-14)3-4-10-12-6-9(17-10)11(15)16-2/h3-7H,1-2H3/b4-3+. The Labute approximate surface area is 102 Å². The van der Waals surface area contributed by atoms with Gasteiger partial charge in [0.15, 0.2) is 0 Å². The van der Waals surface area contributed by atoms with Gasteiger partial charge in [0.2, 0.25) is 0 Å². The van der Waals surface area contributed by atoms with Crippen LogP contribution >= 0.6 is 11.3 Å². The molecule has 2 heterocycles. The zero-order chi connectivity index (χ0) is 12.3. The van der Waals surface area contributed by atoms with Crippen molar-refractivity contribution in [2.45, 2.75) is 0 Å². The number of carbonyl (C=O) groups excluding carboxylic acids is 1. The maximum atomic E-state index is 11.2. The fourth-order valence-corrected chi connectivity index (χ4v) is 1.99. The lowest BCUT2D eigenvalue weighted by Gasteiger charge is -1.90. The summed E-state index contributed by atoms with van der Waals surface area (Å²) in [6.45, 7) is 0. The summed E-state index contributed by atoms with van der Waals surface area (Å²) in [5.74, 6) is -0.358. The first-order valence-corrected chi connectivity index (χ1v) is 5.71. The van der Waals surface area contributed by atoms with E-state index in [-0.39, 0.29) is 5.97 Å². The highest BCUT2D eigenvalue weighted by Gasteiger charge is 2.08. The fourth-order valence-electron chi connectivity index (χ4n) is 1.25. The Kier molecular flexibility index (Phi) is 3.34. The second-order valence-electron chi connectivity index (χ2n) is 3.34. The van der Waals surface area contributed by atoms with Gasteiger partial charge in [-0.25, -0.2) is 9.78 Å². The van der Waals surface area contributed by atoms with Crippen LogP contribution in [0.4, 0.5) is 0 Å². The minimum Gasteiger partial charge on any atom is -0.465 e. The summed E-state index contributed by atoms with van der Waals surface area (Å²) in [6, 6.07) is 0. The Hall–Kier alpha value is -1.95. The first-order chi connectivity index (χ1) is 8.19. The van der Waals surface area contributed by atoms with E-state index in [0.29, 0.717) is 4.88 Å². The van der Waals surface area contributed by atoms with Crippen LogP contribution in [-0.4, -0.2) is 27.8 Å². The van der Waals surface area contributed by atoms with Gasteiger partial charge in [-0.3, -0.25) is 4.68 Å². The maximum Gasteiger partial charge on any atom is 0.349 e. The third kappa shape index (κ3) is 2.79. The van der Waals surface area contributed by atoms with Crippen LogP contribution in [0.3, 0.4) is 0 Å². The number of carbonyl (C=O) groups is 1. The van der Waals surface area contributed by atoms with Gasteiger partial charge >= 0.3 is 5.97 Å². The van der Waals surface area contributed by atoms with Crippen molar-refractivity contribution in [3.63, 3.8) is 0 Å². The zero-order valence-electron chi connectivity index (χ0n) is 9.45. The van der Waals surface area contributed by atoms with E-state index in [9.17, 15) is 4.79 Å². The van der Waals surface area contributed by atoms with Crippen LogP contribution in [0.15, 0.2) is 18.6 Å². The molecule has 6 heteroatoms. The third-order valence-electron chi connectivity index (χ3n) is 2.05. The number of esters is 1. The molecule has 0 unspecified atom stereocenters. The zero-order valence-corrected chi connectivity index (χ0v) is 10.3. The number of hydrogen-bond donors (Lipinski definition) is 0. The number of thiazole rings is 1. The molecule has 0 aliphatic carbocycles. The molecule has 2 rings (SSSR count). The smallest absolute Gasteiger partial charge is 0.349 e. The molecular weight excluding hydrogens is 238 g/mol. The highest BCUT2D eigenvalue weighted by atomic mass is 32.1. The van der Waals surface area contributed by atoms with Crippen molar-refractivity contribution in [3.05, 3.63) is 34.0 Å². The molecule has 0 aromatic carbocycles. The Balaban J connectivity index is 2.11. The van der Waals surface area contributed by atoms with E-state index < -0.39 is 0 Å². The van der Waals surface area contributed by atoms with Crippen molar-refractivity contribution >= 4 is 29.5 Å². The number of methoxy groups -OCH3 is 1. The molecule has 0 bridgehead atoms. The molecular formula is C11H11N3O2S. The van der Waals surface area contributed by atoms with Gasteiger partial charge in [0.25, 0.3) is 0 Å². The lowest BCUT2D eigenvalue weighted by molar-refractivity contribution is 0.0606. The molecule has 0 fully saturated rings. The molecule has 5 nitrogen and oxygen atoms in total. The monoisotopic (exact) mass is 249 g/mol. The first kappa shape index (κ1) is 11.5. The number of nitrogens with zero attached hydrogens (tertiary/aromatic N) is 3. The lowest BCUT2D eigenvalue weighted by atomic mass is 10.3. The topological polar surface area (TPSA) is 57.0 Å². The molecule has 2 aromatic rings. The summed E-state index contributed by atoms with van der Waals surface area (Å²) in [5, 5.41) is 4.81. The quantitative estimate of drug-likeness (QED) is 0.779. The van der Waals surface area contributed by atoms with Gasteiger partial charge in [0.05, 0.1) is 19.5 Å². The second kappa shape index (κ2) is 4.92. The van der Waals surface area contributed by atoms with Crippen LogP contribution in [-0.2, 0) is 11.8 Å². The van der Waals surface area contributed by atoms with E-state index in [4.69, 9.17) is 0 Å². The number of hydrogen-bond acceptors (Lipinski definition) is 5. The fraction of sp³-hybridized carbons (Fsp3) is 0.182. The maximum absolute atomic E-state index is 11.2. The van der Waals surface area contributed by atoms with E-state index >= 15 is 0 Å². The van der Waals surface area contributed by atoms with Gasteiger partial charge in [-0.05, 0) is 12.2 Å². The summed E-state index contributed by atoms with van der Waals surface area (Å²) in [7, 11) is 3.21. The molecule has 0 saturated heterocycles. The Morgan fingerprint density at radius 2 is 2.29 bits per heavy atom. The summed E-state index contributed by atoms with van der Waals surface area (Å²) in [5.41, 5.74) is 0.988. The molecule has 0 atom stereocenters. The van der Waals surface area contributed by atoms with Crippen molar-refractivity contribution in [2.24, 2.45) is 7.05 Å². The second-order valence-corrected chi connectivity index (χ2v) is 4.40. The molecule has 0 aliphatic rings. The minimum absolute atomic E-state index is 0.358. The summed E-state index contributed by atoms with van der Waals surface area (Å²) in [4.78, 5) is 15.8. The van der Waals surface area contributed by atoms with Crippen molar-refractivity contribution in [3.8, 4) is 0 Å². The summed E-state index contributed by atoms with van der Waals surface area (Å²) < 4.78 is 6.33. The van der Waals surface area contributed by atoms with E-state index in [1.165, 1.54) is 24.6 Å². The van der Waals surface area contributed by atoms with Crippen LogP contribution in [0.5, 0.6) is 0 Å². The molecule has 0 aliphatic heterocycles. The largest absolute Gasteiger partial charge is 0.465 e. The normalized spacial score (nSPS) is 10.9. The van der Waals surface area contributed by atoms with Gasteiger partial charge in [0.1, 0.15) is 9.88 Å². The molecule has 0 saturated carbocycles. The van der Waals surface area contributed by atoms with Crippen molar-refractivity contribution < 1.29 is 9.53 Å². The number of aromatic nitrogens is 3. The third-order valence-corrected chi connectivity index (χ3v) is 3.00. The average Bonchev–Trinajstić information content (AvgIpc) is 2.94. The van der Waals surface area contributed by atoms with Crippen molar-refractivity contribution in [2.75, 3.05) is 7.11 Å². The first-order valence-electron chi connectivity index (χ1n) is 4.90. The van der Waals surface area contributed by atoms with Crippen LogP contribution in [0, 0.1) is 0 Å². The highest BCUT2D eigenvalue weighted by molar-refractivity contribution is 7.14. The Morgan fingerprint density at radius 1 is 1.47 bits per heavy atom. The van der Waals surface area contributed by atoms with Crippen molar-refractivity contribution in [1.82, 2.24) is 14.8 Å². The summed E-state index contributed by atoms with van der Waals surface area (Å²) in [6.07, 6.45) is 8.90. The van der Waals surface area contributed by atoms with E-state index in [0.717, 1.165) is 10.6 Å². The summed E-state index contributed by atoms with van der Waals surface area (Å²) >= 11 is 1.29. The van der Waals surface area contributed by atoms with Gasteiger partial charge < -0.3 is 4.74 Å². The SMILES string of the molecule is COC(=O)c1cnc(/C=C/c2cnn(C)c2)s1. The molecule has 17 heavy (non-hydrogen) atoms. The van der Waals surface area contributed by atoms with Crippen molar-refractivity contribution in [1.29, 1.82) is 0 Å². The minimum atomic E-state index is -0.358. The molecule has 2 aromatic heterocycles. The highest BCUT2D eigenvalue weighted by Crippen LogP contribution is 2.16. The predicted molar refractivity (Wildman–Crippen MR) is 65.6 cm³/mol. The molecule has 0 N–H and O–H groups in total. The van der Waals surface area contributed by atoms with E-state index in [2.05, 4.69) is 14.8 Å². The van der Waals surface area contributed by atoms with Crippen LogP contribution in [0.1, 0.15) is 20.2 Å². The van der Waals surface area contributed by atoms with Gasteiger partial charge in [-0.15, -0.1) is 11.3 Å². The molecule has 0 amide bonds. The van der Waals surface area contributed by atoms with E-state index in [1.807, 2.05) is 25.4 Å². The Morgan fingerprint density at radius 3 is 2.94 bits per heavy atom. The number of ether oxygens (including phenoxy) is 1. The van der Waals surface area contributed by atoms with Gasteiger partial charge in [-0.2, -0.15) is 5.10 Å². The Bertz CT molecular complexity index is 557. The van der Waals surface area contributed by atoms with E-state index in [1.54, 1.807) is 10.9 Å². The van der Waals surface area contributed by atoms with Crippen LogP contribution in [0.25, 0.3) is 12.2 Å². The molecule has 0 radical (unpaired) electrons. The number of aryl methyl sites for hydroxylation is 1. The average molecular weight is 249 g/mol. The van der Waals surface area contributed by atoms with Gasteiger partial charge in [-0.1, -0.05) is 0 Å². The lowest BCUT2D eigenvalue weighted by Crippen LogP contribution is -1.96. The number of rotatable bonds is 3. The molecule has 88 valence electrons. The van der Waals surface area contributed by atoms with Crippen LogP contribution < -0.4 is 0 Å². The molecule has 0 spiro atoms. The van der Waals surface area contributed by atoms with Crippen LogP contribution in [0.2, 0.25) is 0 Å². The predicted octanol–water partition coefficient (Wildman–Crippen LogP) is 1.83. The van der Waals surface area contributed by atoms with Gasteiger partial charge in [0, 0.05) is 18.8 Å².